The summed E-state index contributed by atoms with van der Waals surface area (Å²) in [7, 11) is 2.10. The number of hydrogen-bond donors (Lipinski definition) is 0. The van der Waals surface area contributed by atoms with Crippen molar-refractivity contribution in [2.45, 2.75) is 12.7 Å². The maximum absolute atomic E-state index is 13.1. The summed E-state index contributed by atoms with van der Waals surface area (Å²) in [6, 6.07) is 9.10. The molecular weight excluding hydrogens is 315 g/mol. The van der Waals surface area contributed by atoms with Crippen molar-refractivity contribution >= 4 is 0 Å². The number of alkyl halides is 3. The summed E-state index contributed by atoms with van der Waals surface area (Å²) in [5.74, 6) is 0. The quantitative estimate of drug-likeness (QED) is 0.856. The van der Waals surface area contributed by atoms with Gasteiger partial charge in [-0.05, 0) is 24.7 Å². The van der Waals surface area contributed by atoms with E-state index in [1.165, 1.54) is 12.1 Å². The van der Waals surface area contributed by atoms with Gasteiger partial charge in [-0.1, -0.05) is 24.3 Å². The maximum Gasteiger partial charge on any atom is 0.417 e. The summed E-state index contributed by atoms with van der Waals surface area (Å²) in [5, 5.41) is 0. The molecule has 0 N–H and O–H groups in total. The summed E-state index contributed by atoms with van der Waals surface area (Å²) in [4.78, 5) is 8.88. The minimum atomic E-state index is -4.38. The Hall–Kier alpha value is -1.92. The van der Waals surface area contributed by atoms with Gasteiger partial charge in [-0.2, -0.15) is 13.2 Å². The molecule has 1 aromatic carbocycles. The molecule has 128 valence electrons. The average Bonchev–Trinajstić information content (AvgIpc) is 2.57. The van der Waals surface area contributed by atoms with Crippen LogP contribution < -0.4 is 0 Å². The fourth-order valence-corrected chi connectivity index (χ4v) is 2.90. The van der Waals surface area contributed by atoms with Crippen LogP contribution in [0.1, 0.15) is 11.1 Å². The normalized spacial score (nSPS) is 17.2. The van der Waals surface area contributed by atoms with Gasteiger partial charge >= 0.3 is 6.18 Å². The Kier molecular flexibility index (Phi) is 4.87. The largest absolute Gasteiger partial charge is 0.417 e. The predicted molar refractivity (Wildman–Crippen MR) is 87.4 cm³/mol. The van der Waals surface area contributed by atoms with Crippen LogP contribution in [-0.2, 0) is 12.7 Å². The van der Waals surface area contributed by atoms with Gasteiger partial charge in [0.15, 0.2) is 0 Å². The van der Waals surface area contributed by atoms with E-state index < -0.39 is 11.7 Å². The second-order valence-corrected chi connectivity index (χ2v) is 6.17. The molecule has 2 heterocycles. The molecule has 1 aromatic heterocycles. The molecule has 0 radical (unpaired) electrons. The lowest BCUT2D eigenvalue weighted by atomic mass is 10.0. The molecule has 1 aliphatic rings. The average molecular weight is 335 g/mol. The van der Waals surface area contributed by atoms with Gasteiger partial charge < -0.3 is 4.90 Å². The number of piperazine rings is 1. The summed E-state index contributed by atoms with van der Waals surface area (Å²) in [5.41, 5.74) is 0.846. The molecule has 1 fully saturated rings. The topological polar surface area (TPSA) is 19.4 Å². The molecule has 3 rings (SSSR count). The Morgan fingerprint density at radius 1 is 1.00 bits per heavy atom. The van der Waals surface area contributed by atoms with Crippen LogP contribution in [0.15, 0.2) is 42.6 Å². The number of likely N-dealkylation sites (N-methyl/N-ethyl adjacent to an activating group) is 1. The third kappa shape index (κ3) is 3.94. The van der Waals surface area contributed by atoms with Crippen LogP contribution in [0, 0.1) is 0 Å². The summed E-state index contributed by atoms with van der Waals surface area (Å²) in [6.07, 6.45) is -2.70. The van der Waals surface area contributed by atoms with Crippen LogP contribution in [0.2, 0.25) is 0 Å². The molecular formula is C18H20F3N3. The van der Waals surface area contributed by atoms with E-state index in [0.717, 1.165) is 44.4 Å². The zero-order chi connectivity index (χ0) is 17.2. The first-order valence-electron chi connectivity index (χ1n) is 7.96. The monoisotopic (exact) mass is 335 g/mol. The molecule has 24 heavy (non-hydrogen) atoms. The number of nitrogens with zero attached hydrogens (tertiary/aromatic N) is 3. The highest BCUT2D eigenvalue weighted by molar-refractivity contribution is 5.64. The standard InChI is InChI=1S/C18H20F3N3/c1-23-8-10-24(11-9-23)13-14-6-7-17(22-12-14)15-4-2-3-5-16(15)18(19,20)21/h2-7,12H,8-11,13H2,1H3. The van der Waals surface area contributed by atoms with Gasteiger partial charge in [0.2, 0.25) is 0 Å². The molecule has 1 aliphatic heterocycles. The van der Waals surface area contributed by atoms with Crippen molar-refractivity contribution in [3.05, 3.63) is 53.7 Å². The molecule has 3 nitrogen and oxygen atoms in total. The Morgan fingerprint density at radius 3 is 2.33 bits per heavy atom. The maximum atomic E-state index is 13.1. The molecule has 0 spiro atoms. The molecule has 0 saturated carbocycles. The van der Waals surface area contributed by atoms with Crippen LogP contribution in [0.3, 0.4) is 0 Å². The van der Waals surface area contributed by atoms with E-state index in [1.54, 1.807) is 18.3 Å². The lowest BCUT2D eigenvalue weighted by molar-refractivity contribution is -0.137. The third-order valence-corrected chi connectivity index (χ3v) is 4.34. The number of aromatic nitrogens is 1. The fraction of sp³-hybridized carbons (Fsp3) is 0.389. The van der Waals surface area contributed by atoms with Crippen molar-refractivity contribution in [1.82, 2.24) is 14.8 Å². The lowest BCUT2D eigenvalue weighted by Gasteiger charge is -2.32. The second kappa shape index (κ2) is 6.91. The Balaban J connectivity index is 1.76. The van der Waals surface area contributed by atoms with Gasteiger partial charge in [0.25, 0.3) is 0 Å². The number of hydrogen-bond acceptors (Lipinski definition) is 3. The number of benzene rings is 1. The van der Waals surface area contributed by atoms with Gasteiger partial charge in [0.05, 0.1) is 11.3 Å². The Morgan fingerprint density at radius 2 is 1.71 bits per heavy atom. The van der Waals surface area contributed by atoms with Gasteiger partial charge in [0, 0.05) is 44.5 Å². The van der Waals surface area contributed by atoms with E-state index in [2.05, 4.69) is 21.8 Å². The SMILES string of the molecule is CN1CCN(Cc2ccc(-c3ccccc3C(F)(F)F)nc2)CC1. The van der Waals surface area contributed by atoms with Gasteiger partial charge in [-0.3, -0.25) is 9.88 Å². The van der Waals surface area contributed by atoms with Crippen LogP contribution in [-0.4, -0.2) is 48.0 Å². The fourth-order valence-electron chi connectivity index (χ4n) is 2.90. The predicted octanol–water partition coefficient (Wildman–Crippen LogP) is 3.51. The molecule has 0 atom stereocenters. The zero-order valence-electron chi connectivity index (χ0n) is 13.6. The Labute approximate surface area is 139 Å². The number of pyridine rings is 1. The van der Waals surface area contributed by atoms with Gasteiger partial charge in [0.1, 0.15) is 0 Å². The van der Waals surface area contributed by atoms with E-state index in [1.807, 2.05) is 6.07 Å². The van der Waals surface area contributed by atoms with Gasteiger partial charge in [-0.15, -0.1) is 0 Å². The molecule has 6 heteroatoms. The first kappa shape index (κ1) is 16.9. The van der Waals surface area contributed by atoms with Crippen molar-refractivity contribution in [1.29, 1.82) is 0 Å². The van der Waals surface area contributed by atoms with Crippen molar-refractivity contribution in [3.8, 4) is 11.3 Å². The highest BCUT2D eigenvalue weighted by atomic mass is 19.4. The molecule has 2 aromatic rings. The summed E-state index contributed by atoms with van der Waals surface area (Å²) >= 11 is 0. The van der Waals surface area contributed by atoms with Crippen molar-refractivity contribution in [3.63, 3.8) is 0 Å². The Bertz CT molecular complexity index is 675. The summed E-state index contributed by atoms with van der Waals surface area (Å²) in [6.45, 7) is 4.83. The highest BCUT2D eigenvalue weighted by Gasteiger charge is 2.33. The zero-order valence-corrected chi connectivity index (χ0v) is 13.6. The third-order valence-electron chi connectivity index (χ3n) is 4.34. The van der Waals surface area contributed by atoms with Crippen molar-refractivity contribution in [2.75, 3.05) is 33.2 Å². The number of rotatable bonds is 3. The van der Waals surface area contributed by atoms with Crippen molar-refractivity contribution < 1.29 is 13.2 Å². The smallest absolute Gasteiger partial charge is 0.304 e. The van der Waals surface area contributed by atoms with Crippen molar-refractivity contribution in [2.24, 2.45) is 0 Å². The van der Waals surface area contributed by atoms with Crippen LogP contribution >= 0.6 is 0 Å². The number of halogens is 3. The molecule has 0 bridgehead atoms. The van der Waals surface area contributed by atoms with Crippen LogP contribution in [0.4, 0.5) is 13.2 Å². The van der Waals surface area contributed by atoms with E-state index in [0.29, 0.717) is 5.69 Å². The minimum absolute atomic E-state index is 0.121. The van der Waals surface area contributed by atoms with E-state index in [4.69, 9.17) is 0 Å². The van der Waals surface area contributed by atoms with Crippen LogP contribution in [0.25, 0.3) is 11.3 Å². The molecule has 0 unspecified atom stereocenters. The summed E-state index contributed by atoms with van der Waals surface area (Å²) < 4.78 is 39.3. The highest BCUT2D eigenvalue weighted by Crippen LogP contribution is 2.36. The molecule has 0 amide bonds. The van der Waals surface area contributed by atoms with Crippen LogP contribution in [0.5, 0.6) is 0 Å². The van der Waals surface area contributed by atoms with E-state index in [-0.39, 0.29) is 5.56 Å². The molecule has 1 saturated heterocycles. The van der Waals surface area contributed by atoms with E-state index >= 15 is 0 Å². The van der Waals surface area contributed by atoms with Gasteiger partial charge in [-0.25, -0.2) is 0 Å². The lowest BCUT2D eigenvalue weighted by Crippen LogP contribution is -2.43. The first-order valence-corrected chi connectivity index (χ1v) is 7.96. The van der Waals surface area contributed by atoms with E-state index in [9.17, 15) is 13.2 Å². The first-order chi connectivity index (χ1) is 11.4. The molecule has 0 aliphatic carbocycles. The second-order valence-electron chi connectivity index (χ2n) is 6.17. The minimum Gasteiger partial charge on any atom is -0.304 e.